The van der Waals surface area contributed by atoms with Crippen LogP contribution in [0.2, 0.25) is 0 Å². The summed E-state index contributed by atoms with van der Waals surface area (Å²) in [6.07, 6.45) is 70.8. The number of carbonyl (C=O) groups excluding carboxylic acids is 3. The second kappa shape index (κ2) is 52.7. The lowest BCUT2D eigenvalue weighted by Crippen LogP contribution is -2.30. The second-order valence-corrected chi connectivity index (χ2v) is 17.0. The molecule has 1 atom stereocenters. The van der Waals surface area contributed by atoms with Gasteiger partial charge in [0.1, 0.15) is 13.2 Å². The van der Waals surface area contributed by atoms with E-state index in [1.807, 2.05) is 0 Å². The molecule has 6 nitrogen and oxygen atoms in total. The largest absolute Gasteiger partial charge is 0.462 e. The molecule has 0 rings (SSSR count). The van der Waals surface area contributed by atoms with Crippen molar-refractivity contribution in [3.63, 3.8) is 0 Å². The van der Waals surface area contributed by atoms with Gasteiger partial charge in [-0.2, -0.15) is 0 Å². The Kier molecular flexibility index (Phi) is 49.5. The van der Waals surface area contributed by atoms with Crippen LogP contribution in [0.3, 0.4) is 0 Å². The quantitative estimate of drug-likeness (QED) is 0.0262. The summed E-state index contributed by atoms with van der Waals surface area (Å²) in [6.45, 7) is 6.32. The van der Waals surface area contributed by atoms with Crippen molar-refractivity contribution >= 4 is 17.9 Å². The molecule has 0 aliphatic heterocycles. The summed E-state index contributed by atoms with van der Waals surface area (Å²) in [5.74, 6) is -0.986. The van der Waals surface area contributed by atoms with Crippen LogP contribution in [0.5, 0.6) is 0 Å². The number of unbranched alkanes of at least 4 members (excludes halogenated alkanes) is 17. The number of esters is 3. The van der Waals surface area contributed by atoms with Gasteiger partial charge in [-0.1, -0.05) is 194 Å². The van der Waals surface area contributed by atoms with Gasteiger partial charge in [0.2, 0.25) is 0 Å². The van der Waals surface area contributed by atoms with E-state index in [2.05, 4.69) is 130 Å². The van der Waals surface area contributed by atoms with Crippen LogP contribution in [0.4, 0.5) is 0 Å². The molecule has 0 saturated heterocycles. The molecular weight excluding hydrogens is 805 g/mol. The molecule has 0 aromatic carbocycles. The van der Waals surface area contributed by atoms with Crippen molar-refractivity contribution < 1.29 is 28.6 Å². The van der Waals surface area contributed by atoms with Crippen molar-refractivity contribution in [3.8, 4) is 0 Å². The fourth-order valence-electron chi connectivity index (χ4n) is 6.83. The average Bonchev–Trinajstić information content (AvgIpc) is 3.30. The minimum Gasteiger partial charge on any atom is -0.462 e. The van der Waals surface area contributed by atoms with Crippen molar-refractivity contribution in [1.29, 1.82) is 0 Å². The Balaban J connectivity index is 4.44. The van der Waals surface area contributed by atoms with E-state index < -0.39 is 6.10 Å². The number of rotatable bonds is 46. The zero-order valence-corrected chi connectivity index (χ0v) is 42.0. The van der Waals surface area contributed by atoms with Gasteiger partial charge in [0.05, 0.1) is 0 Å². The maximum atomic E-state index is 12.8. The van der Waals surface area contributed by atoms with Gasteiger partial charge in [0.25, 0.3) is 0 Å². The Labute approximate surface area is 400 Å². The van der Waals surface area contributed by atoms with Gasteiger partial charge in [-0.25, -0.2) is 0 Å². The van der Waals surface area contributed by atoms with Crippen LogP contribution in [0, 0.1) is 0 Å². The first-order chi connectivity index (χ1) is 32.0. The number of hydrogen-bond acceptors (Lipinski definition) is 6. The number of ether oxygens (including phenoxy) is 3. The Morgan fingerprint density at radius 1 is 0.323 bits per heavy atom. The van der Waals surface area contributed by atoms with Crippen LogP contribution < -0.4 is 0 Å². The van der Waals surface area contributed by atoms with E-state index in [1.54, 1.807) is 0 Å². The molecule has 0 radical (unpaired) electrons. The maximum Gasteiger partial charge on any atom is 0.306 e. The molecule has 0 spiro atoms. The molecule has 0 N–H and O–H groups in total. The maximum absolute atomic E-state index is 12.8. The van der Waals surface area contributed by atoms with Crippen molar-refractivity contribution in [2.75, 3.05) is 13.2 Å². The summed E-state index contributed by atoms with van der Waals surface area (Å²) in [6, 6.07) is 0. The van der Waals surface area contributed by atoms with Crippen molar-refractivity contribution in [1.82, 2.24) is 0 Å². The third-order valence-corrected chi connectivity index (χ3v) is 10.7. The summed E-state index contributed by atoms with van der Waals surface area (Å²) in [5.41, 5.74) is 0. The number of allylic oxidation sites excluding steroid dienone is 18. The lowest BCUT2D eigenvalue weighted by Gasteiger charge is -2.18. The van der Waals surface area contributed by atoms with E-state index in [1.165, 1.54) is 51.4 Å². The Morgan fingerprint density at radius 2 is 0.600 bits per heavy atom. The van der Waals surface area contributed by atoms with Gasteiger partial charge in [0.15, 0.2) is 6.10 Å². The second-order valence-electron chi connectivity index (χ2n) is 17.0. The highest BCUT2D eigenvalue weighted by atomic mass is 16.6. The highest BCUT2D eigenvalue weighted by molar-refractivity contribution is 5.71. The van der Waals surface area contributed by atoms with E-state index in [0.717, 1.165) is 135 Å². The first-order valence-corrected chi connectivity index (χ1v) is 26.4. The number of hydrogen-bond donors (Lipinski definition) is 0. The summed E-state index contributed by atoms with van der Waals surface area (Å²) in [5, 5.41) is 0. The van der Waals surface area contributed by atoms with Gasteiger partial charge >= 0.3 is 17.9 Å². The minimum absolute atomic E-state index is 0.109. The van der Waals surface area contributed by atoms with Crippen LogP contribution in [0.15, 0.2) is 109 Å². The summed E-state index contributed by atoms with van der Waals surface area (Å²) < 4.78 is 16.7. The molecule has 0 aromatic rings. The van der Waals surface area contributed by atoms with Crippen LogP contribution >= 0.6 is 0 Å². The fraction of sp³-hybridized carbons (Fsp3) is 0.644. The van der Waals surface area contributed by atoms with Gasteiger partial charge < -0.3 is 14.2 Å². The molecule has 0 bridgehead atoms. The standard InChI is InChI=1S/C59H96O6/c1-4-7-10-13-16-19-22-25-26-27-28-29-30-31-32-35-37-40-43-46-49-52-58(61)64-55-56(65-59(62)53-50-47-44-41-38-34-24-21-18-15-12-9-6-3)54-63-57(60)51-48-45-42-39-36-33-23-20-17-14-11-8-5-2/h8-9,11-12,17-18,20-22,25,27-28,30-31,33-34,36,38,56H,4-7,10,13-16,19,23-24,26,29,32,35,37,39-55H2,1-3H3/b11-8-,12-9-,20-17-,21-18-,25-22-,28-27-,31-30-,36-33-,38-34-. The van der Waals surface area contributed by atoms with Crippen LogP contribution in [-0.2, 0) is 28.6 Å². The SMILES string of the molecule is CC/C=C\C/C=C\C/C=C\CCCCCC(=O)OCC(COC(=O)CCCCCCCC/C=C\C/C=C\C/C=C\CCCCCCC)OC(=O)CCCCC/C=C\C/C=C\C/C=C\CC. The van der Waals surface area contributed by atoms with E-state index >= 15 is 0 Å². The molecule has 65 heavy (non-hydrogen) atoms. The average molecular weight is 901 g/mol. The third kappa shape index (κ3) is 50.9. The van der Waals surface area contributed by atoms with E-state index in [0.29, 0.717) is 12.8 Å². The highest BCUT2D eigenvalue weighted by Gasteiger charge is 2.19. The van der Waals surface area contributed by atoms with Crippen molar-refractivity contribution in [2.24, 2.45) is 0 Å². The lowest BCUT2D eigenvalue weighted by atomic mass is 10.1. The molecule has 0 aliphatic rings. The first kappa shape index (κ1) is 61.1. The molecule has 1 unspecified atom stereocenters. The molecular formula is C59H96O6. The third-order valence-electron chi connectivity index (χ3n) is 10.7. The molecule has 0 heterocycles. The summed E-state index contributed by atoms with van der Waals surface area (Å²) in [4.78, 5) is 38.0. The van der Waals surface area contributed by atoms with E-state index in [4.69, 9.17) is 14.2 Å². The predicted molar refractivity (Wildman–Crippen MR) is 279 cm³/mol. The van der Waals surface area contributed by atoms with Crippen LogP contribution in [0.1, 0.15) is 226 Å². The molecule has 0 aromatic heterocycles. The topological polar surface area (TPSA) is 78.9 Å². The van der Waals surface area contributed by atoms with Gasteiger partial charge in [-0.15, -0.1) is 0 Å². The highest BCUT2D eigenvalue weighted by Crippen LogP contribution is 2.13. The Hall–Kier alpha value is -3.93. The summed E-state index contributed by atoms with van der Waals surface area (Å²) in [7, 11) is 0. The molecule has 0 amide bonds. The van der Waals surface area contributed by atoms with Crippen LogP contribution in [0.25, 0.3) is 0 Å². The molecule has 0 fully saturated rings. The smallest absolute Gasteiger partial charge is 0.306 e. The predicted octanol–water partition coefficient (Wildman–Crippen LogP) is 17.5. The van der Waals surface area contributed by atoms with E-state index in [9.17, 15) is 14.4 Å². The van der Waals surface area contributed by atoms with Gasteiger partial charge in [-0.3, -0.25) is 14.4 Å². The monoisotopic (exact) mass is 901 g/mol. The Morgan fingerprint density at radius 3 is 0.954 bits per heavy atom. The normalized spacial score (nSPS) is 13.0. The summed E-state index contributed by atoms with van der Waals surface area (Å²) >= 11 is 0. The lowest BCUT2D eigenvalue weighted by molar-refractivity contribution is -0.167. The van der Waals surface area contributed by atoms with Gasteiger partial charge in [-0.05, 0) is 122 Å². The zero-order valence-electron chi connectivity index (χ0n) is 42.0. The Bertz CT molecular complexity index is 1360. The first-order valence-electron chi connectivity index (χ1n) is 26.4. The molecule has 368 valence electrons. The van der Waals surface area contributed by atoms with Crippen LogP contribution in [-0.4, -0.2) is 37.2 Å². The zero-order chi connectivity index (χ0) is 47.2. The number of carbonyl (C=O) groups is 3. The van der Waals surface area contributed by atoms with E-state index in [-0.39, 0.29) is 37.5 Å². The molecule has 6 heteroatoms. The van der Waals surface area contributed by atoms with Gasteiger partial charge in [0, 0.05) is 19.3 Å². The minimum atomic E-state index is -0.812. The molecule has 0 aliphatic carbocycles. The fourth-order valence-corrected chi connectivity index (χ4v) is 6.83. The van der Waals surface area contributed by atoms with Crippen molar-refractivity contribution in [3.05, 3.63) is 109 Å². The van der Waals surface area contributed by atoms with Crippen molar-refractivity contribution in [2.45, 2.75) is 232 Å². The molecule has 0 saturated carbocycles.